The molecule has 4 aromatic carbocycles. The van der Waals surface area contributed by atoms with Gasteiger partial charge >= 0.3 is 0 Å². The van der Waals surface area contributed by atoms with Crippen LogP contribution in [0.2, 0.25) is 0 Å². The lowest BCUT2D eigenvalue weighted by Crippen LogP contribution is -1.91. The standard InChI is InChI=1S/C24H18O13/c25-9-1-15(28)22(16(29)2-9)36-11-5-19(32)24(20(33)6-11)37-12-7-17(30)23(18(31)8-12)35-10-3-13(26)21(34)14(27)4-10/h1-8,25-34H. The predicted molar refractivity (Wildman–Crippen MR) is 123 cm³/mol. The second kappa shape index (κ2) is 9.14. The normalized spacial score (nSPS) is 10.7. The minimum Gasteiger partial charge on any atom is -0.508 e. The molecule has 13 nitrogen and oxygen atoms in total. The van der Waals surface area contributed by atoms with Crippen LogP contribution in [0.1, 0.15) is 0 Å². The molecule has 10 N–H and O–H groups in total. The molecule has 0 aliphatic carbocycles. The summed E-state index contributed by atoms with van der Waals surface area (Å²) in [6, 6.07) is 7.43. The van der Waals surface area contributed by atoms with Gasteiger partial charge in [-0.15, -0.1) is 0 Å². The number of hydrogen-bond acceptors (Lipinski definition) is 13. The second-order valence-electron chi connectivity index (χ2n) is 7.51. The zero-order valence-corrected chi connectivity index (χ0v) is 18.3. The summed E-state index contributed by atoms with van der Waals surface area (Å²) in [4.78, 5) is 0. The third kappa shape index (κ3) is 4.90. The molecule has 0 aromatic heterocycles. The number of hydrogen-bond donors (Lipinski definition) is 10. The fraction of sp³-hybridized carbons (Fsp3) is 0. The Morgan fingerprint density at radius 2 is 0.568 bits per heavy atom. The van der Waals surface area contributed by atoms with Crippen molar-refractivity contribution in [1.29, 1.82) is 0 Å². The Labute approximate surface area is 206 Å². The van der Waals surface area contributed by atoms with E-state index in [0.29, 0.717) is 0 Å². The average Bonchev–Trinajstić information content (AvgIpc) is 2.79. The molecule has 0 saturated carbocycles. The first-order valence-corrected chi connectivity index (χ1v) is 10.1. The van der Waals surface area contributed by atoms with Gasteiger partial charge in [-0.05, 0) is 0 Å². The summed E-state index contributed by atoms with van der Waals surface area (Å²) in [5.74, 6) is -8.89. The number of ether oxygens (including phenoxy) is 3. The van der Waals surface area contributed by atoms with Crippen molar-refractivity contribution in [2.24, 2.45) is 0 Å². The van der Waals surface area contributed by atoms with Crippen LogP contribution in [0.3, 0.4) is 0 Å². The Bertz CT molecular complexity index is 1420. The smallest absolute Gasteiger partial charge is 0.210 e. The molecule has 13 heteroatoms. The molecule has 4 rings (SSSR count). The van der Waals surface area contributed by atoms with E-state index < -0.39 is 74.7 Å². The molecular weight excluding hydrogens is 496 g/mol. The Balaban J connectivity index is 1.58. The van der Waals surface area contributed by atoms with Crippen molar-refractivity contribution in [3.05, 3.63) is 48.5 Å². The molecule has 0 fully saturated rings. The first kappa shape index (κ1) is 24.4. The van der Waals surface area contributed by atoms with Gasteiger partial charge in [0.15, 0.2) is 46.0 Å². The molecule has 0 unspecified atom stereocenters. The minimum absolute atomic E-state index is 0.242. The molecule has 0 radical (unpaired) electrons. The molecular formula is C24H18O13. The summed E-state index contributed by atoms with van der Waals surface area (Å²) >= 11 is 0. The van der Waals surface area contributed by atoms with Crippen molar-refractivity contribution in [2.45, 2.75) is 0 Å². The van der Waals surface area contributed by atoms with E-state index >= 15 is 0 Å². The second-order valence-corrected chi connectivity index (χ2v) is 7.51. The van der Waals surface area contributed by atoms with Gasteiger partial charge in [0.2, 0.25) is 23.0 Å². The molecule has 4 aromatic rings. The van der Waals surface area contributed by atoms with Gasteiger partial charge in [0, 0.05) is 48.5 Å². The van der Waals surface area contributed by atoms with Crippen molar-refractivity contribution >= 4 is 0 Å². The Morgan fingerprint density at radius 3 is 0.865 bits per heavy atom. The minimum atomic E-state index is -0.794. The molecule has 0 aliphatic rings. The molecule has 0 amide bonds. The predicted octanol–water partition coefficient (Wildman–Crippen LogP) is 4.12. The highest BCUT2D eigenvalue weighted by Crippen LogP contribution is 2.49. The topological polar surface area (TPSA) is 230 Å². The summed E-state index contributed by atoms with van der Waals surface area (Å²) in [6.07, 6.45) is 0. The van der Waals surface area contributed by atoms with Crippen molar-refractivity contribution < 1.29 is 65.3 Å². The number of phenols is 10. The summed E-state index contributed by atoms with van der Waals surface area (Å²) in [7, 11) is 0. The van der Waals surface area contributed by atoms with Gasteiger partial charge in [-0.2, -0.15) is 0 Å². The quantitative estimate of drug-likeness (QED) is 0.163. The van der Waals surface area contributed by atoms with Crippen molar-refractivity contribution in [2.75, 3.05) is 0 Å². The van der Waals surface area contributed by atoms with Gasteiger partial charge in [-0.1, -0.05) is 0 Å². The Kier molecular flexibility index (Phi) is 6.03. The lowest BCUT2D eigenvalue weighted by Gasteiger charge is -2.15. The highest BCUT2D eigenvalue weighted by atomic mass is 16.5. The van der Waals surface area contributed by atoms with E-state index in [9.17, 15) is 51.1 Å². The van der Waals surface area contributed by atoms with E-state index in [-0.39, 0.29) is 17.2 Å². The monoisotopic (exact) mass is 514 g/mol. The molecule has 0 saturated heterocycles. The fourth-order valence-electron chi connectivity index (χ4n) is 3.15. The van der Waals surface area contributed by atoms with Crippen LogP contribution in [0.25, 0.3) is 0 Å². The molecule has 0 bridgehead atoms. The third-order valence-corrected chi connectivity index (χ3v) is 4.78. The van der Waals surface area contributed by atoms with E-state index in [1.807, 2.05) is 0 Å². The van der Waals surface area contributed by atoms with Crippen LogP contribution in [-0.2, 0) is 0 Å². The van der Waals surface area contributed by atoms with Crippen LogP contribution in [0, 0.1) is 0 Å². The molecule has 37 heavy (non-hydrogen) atoms. The summed E-state index contributed by atoms with van der Waals surface area (Å²) < 4.78 is 15.9. The largest absolute Gasteiger partial charge is 0.508 e. The van der Waals surface area contributed by atoms with Gasteiger partial charge in [0.25, 0.3) is 0 Å². The van der Waals surface area contributed by atoms with Crippen LogP contribution >= 0.6 is 0 Å². The van der Waals surface area contributed by atoms with Crippen molar-refractivity contribution in [3.63, 3.8) is 0 Å². The number of rotatable bonds is 6. The maximum absolute atomic E-state index is 10.3. The summed E-state index contributed by atoms with van der Waals surface area (Å²) in [6.45, 7) is 0. The first-order chi connectivity index (χ1) is 17.4. The van der Waals surface area contributed by atoms with Gasteiger partial charge < -0.3 is 65.3 Å². The average molecular weight is 514 g/mol. The SMILES string of the molecule is Oc1cc(O)c(Oc2cc(O)c(Oc3cc(O)c(Oc4cc(O)c(O)c(O)c4)c(O)c3)c(O)c2)c(O)c1. The molecule has 192 valence electrons. The van der Waals surface area contributed by atoms with Crippen molar-refractivity contribution in [1.82, 2.24) is 0 Å². The van der Waals surface area contributed by atoms with Crippen LogP contribution in [0.5, 0.6) is 92.0 Å². The van der Waals surface area contributed by atoms with Crippen LogP contribution in [0.4, 0.5) is 0 Å². The van der Waals surface area contributed by atoms with E-state index in [4.69, 9.17) is 14.2 Å². The number of phenolic OH excluding ortho intramolecular Hbond substituents is 10. The highest BCUT2D eigenvalue weighted by Gasteiger charge is 2.20. The number of aromatic hydroxyl groups is 10. The lowest BCUT2D eigenvalue weighted by molar-refractivity contribution is 0.345. The van der Waals surface area contributed by atoms with Gasteiger partial charge in [-0.25, -0.2) is 0 Å². The van der Waals surface area contributed by atoms with Crippen LogP contribution in [0.15, 0.2) is 48.5 Å². The fourth-order valence-corrected chi connectivity index (χ4v) is 3.15. The molecule has 0 heterocycles. The highest BCUT2D eigenvalue weighted by molar-refractivity contribution is 5.62. The lowest BCUT2D eigenvalue weighted by atomic mass is 10.2. The zero-order valence-electron chi connectivity index (χ0n) is 18.3. The third-order valence-electron chi connectivity index (χ3n) is 4.78. The Morgan fingerprint density at radius 1 is 0.324 bits per heavy atom. The van der Waals surface area contributed by atoms with E-state index in [2.05, 4.69) is 0 Å². The molecule has 0 atom stereocenters. The van der Waals surface area contributed by atoms with E-state index in [1.165, 1.54) is 0 Å². The van der Waals surface area contributed by atoms with Gasteiger partial charge in [0.1, 0.15) is 23.0 Å². The number of benzene rings is 4. The zero-order chi connectivity index (χ0) is 27.0. The maximum Gasteiger partial charge on any atom is 0.210 e. The molecule has 0 aliphatic heterocycles. The Hall–Kier alpha value is -5.72. The first-order valence-electron chi connectivity index (χ1n) is 10.1. The molecule has 0 spiro atoms. The summed E-state index contributed by atoms with van der Waals surface area (Å²) in [5.41, 5.74) is 0. The van der Waals surface area contributed by atoms with E-state index in [1.54, 1.807) is 0 Å². The van der Waals surface area contributed by atoms with E-state index in [0.717, 1.165) is 48.5 Å². The van der Waals surface area contributed by atoms with Gasteiger partial charge in [-0.3, -0.25) is 0 Å². The van der Waals surface area contributed by atoms with Crippen LogP contribution < -0.4 is 14.2 Å². The van der Waals surface area contributed by atoms with Gasteiger partial charge in [0.05, 0.1) is 0 Å². The van der Waals surface area contributed by atoms with Crippen LogP contribution in [-0.4, -0.2) is 51.1 Å². The summed E-state index contributed by atoms with van der Waals surface area (Å²) in [5, 5.41) is 98.8. The van der Waals surface area contributed by atoms with Crippen molar-refractivity contribution in [3.8, 4) is 92.0 Å². The maximum atomic E-state index is 10.3.